The van der Waals surface area contributed by atoms with E-state index in [0.717, 1.165) is 4.90 Å². The van der Waals surface area contributed by atoms with Gasteiger partial charge in [-0.25, -0.2) is 13.6 Å². The molecular formula is C23H25F2NO6. The fourth-order valence-electron chi connectivity index (χ4n) is 3.99. The number of phenolic OH excluding ortho intramolecular Hbond substituents is 1. The van der Waals surface area contributed by atoms with Crippen LogP contribution >= 0.6 is 0 Å². The highest BCUT2D eigenvalue weighted by atomic mass is 19.1. The summed E-state index contributed by atoms with van der Waals surface area (Å²) in [6.07, 6.45) is -3.42. The van der Waals surface area contributed by atoms with E-state index in [1.54, 1.807) is 6.07 Å². The Morgan fingerprint density at radius 1 is 1.12 bits per heavy atom. The van der Waals surface area contributed by atoms with E-state index < -0.39 is 30.1 Å². The van der Waals surface area contributed by atoms with Gasteiger partial charge in [-0.2, -0.15) is 0 Å². The van der Waals surface area contributed by atoms with Gasteiger partial charge in [0.1, 0.15) is 29.6 Å². The van der Waals surface area contributed by atoms with E-state index in [4.69, 9.17) is 9.47 Å². The van der Waals surface area contributed by atoms with E-state index in [0.29, 0.717) is 11.3 Å². The largest absolute Gasteiger partial charge is 0.507 e. The Bertz CT molecular complexity index is 988. The molecule has 0 aliphatic carbocycles. The van der Waals surface area contributed by atoms with Crippen molar-refractivity contribution in [2.75, 3.05) is 27.3 Å². The molecule has 2 aromatic rings. The van der Waals surface area contributed by atoms with Crippen LogP contribution in [0, 0.1) is 0 Å². The average molecular weight is 449 g/mol. The van der Waals surface area contributed by atoms with Gasteiger partial charge in [-0.1, -0.05) is 12.1 Å². The van der Waals surface area contributed by atoms with Crippen molar-refractivity contribution in [1.82, 2.24) is 4.90 Å². The summed E-state index contributed by atoms with van der Waals surface area (Å²) in [5, 5.41) is 20.1. The number of carboxylic acids is 1. The average Bonchev–Trinajstić information content (AvgIpc) is 2.76. The van der Waals surface area contributed by atoms with Gasteiger partial charge in [0.15, 0.2) is 0 Å². The number of hydrogen-bond acceptors (Lipinski definition) is 5. The fourth-order valence-corrected chi connectivity index (χ4v) is 3.99. The van der Waals surface area contributed by atoms with E-state index in [1.165, 1.54) is 44.6 Å². The molecular weight excluding hydrogens is 424 g/mol. The third-order valence-corrected chi connectivity index (χ3v) is 5.51. The number of hydrogen-bond donors (Lipinski definition) is 2. The molecule has 1 aliphatic rings. The molecule has 7 nitrogen and oxygen atoms in total. The number of nitrogens with zero attached hydrogens (tertiary/aromatic N) is 1. The summed E-state index contributed by atoms with van der Waals surface area (Å²) in [7, 11) is 2.80. The molecule has 2 N–H and O–H groups in total. The first-order valence-corrected chi connectivity index (χ1v) is 10.1. The smallest absolute Gasteiger partial charge is 0.335 e. The van der Waals surface area contributed by atoms with Crippen molar-refractivity contribution < 1.29 is 38.1 Å². The van der Waals surface area contributed by atoms with Crippen LogP contribution in [-0.4, -0.2) is 66.6 Å². The highest BCUT2D eigenvalue weighted by Crippen LogP contribution is 2.43. The maximum atomic E-state index is 13.9. The van der Waals surface area contributed by atoms with Gasteiger partial charge in [-0.05, 0) is 17.7 Å². The summed E-state index contributed by atoms with van der Waals surface area (Å²) in [5.41, 5.74) is 0.676. The number of alkyl halides is 2. The number of piperidine rings is 1. The number of carbonyl (C=O) groups is 2. The Morgan fingerprint density at radius 3 is 2.41 bits per heavy atom. The molecule has 0 bridgehead atoms. The summed E-state index contributed by atoms with van der Waals surface area (Å²) in [6.45, 7) is -0.431. The zero-order valence-corrected chi connectivity index (χ0v) is 17.8. The SMILES string of the molecule is COc1cc(O)c(C(CC(=O)N2CC(F)C[C@@H](F)C2)c2cccc(C(=O)O)c2)c(OC)c1. The Kier molecular flexibility index (Phi) is 7.17. The number of aromatic carboxylic acids is 1. The minimum atomic E-state index is -1.46. The first-order valence-electron chi connectivity index (χ1n) is 10.1. The third kappa shape index (κ3) is 5.09. The number of carboxylic acid groups (broad SMARTS) is 1. The summed E-state index contributed by atoms with van der Waals surface area (Å²) < 4.78 is 38.3. The van der Waals surface area contributed by atoms with Gasteiger partial charge in [0.25, 0.3) is 0 Å². The molecule has 1 fully saturated rings. The quantitative estimate of drug-likeness (QED) is 0.671. The highest BCUT2D eigenvalue weighted by molar-refractivity contribution is 5.88. The second-order valence-corrected chi connectivity index (χ2v) is 7.68. The van der Waals surface area contributed by atoms with Crippen molar-refractivity contribution in [3.63, 3.8) is 0 Å². The monoisotopic (exact) mass is 449 g/mol. The molecule has 1 amide bonds. The normalized spacial score (nSPS) is 19.3. The van der Waals surface area contributed by atoms with Crippen LogP contribution in [0.5, 0.6) is 17.2 Å². The molecule has 3 rings (SSSR count). The number of amides is 1. The van der Waals surface area contributed by atoms with E-state index in [1.807, 2.05) is 0 Å². The summed E-state index contributed by atoms with van der Waals surface area (Å²) in [4.78, 5) is 25.6. The van der Waals surface area contributed by atoms with Crippen LogP contribution in [0.25, 0.3) is 0 Å². The maximum absolute atomic E-state index is 13.9. The van der Waals surface area contributed by atoms with Crippen LogP contribution < -0.4 is 9.47 Å². The summed E-state index contributed by atoms with van der Waals surface area (Å²) in [6, 6.07) is 8.84. The van der Waals surface area contributed by atoms with E-state index in [2.05, 4.69) is 0 Å². The lowest BCUT2D eigenvalue weighted by molar-refractivity contribution is -0.135. The van der Waals surface area contributed by atoms with Crippen LogP contribution in [0.4, 0.5) is 8.78 Å². The summed E-state index contributed by atoms with van der Waals surface area (Å²) >= 11 is 0. The molecule has 0 radical (unpaired) electrons. The standard InChI is InChI=1S/C23H25F2NO6/c1-31-17-8-19(27)22(20(9-17)32-2)18(13-4-3-5-14(6-13)23(29)30)10-21(28)26-11-15(24)7-16(25)12-26/h3-6,8-9,15-16,18,27H,7,10-12H2,1-2H3,(H,29,30)/t15-,16?,18?/m1/s1. The molecule has 0 spiro atoms. The van der Waals surface area contributed by atoms with Crippen LogP contribution in [0.3, 0.4) is 0 Å². The molecule has 1 heterocycles. The van der Waals surface area contributed by atoms with Gasteiger partial charge >= 0.3 is 5.97 Å². The van der Waals surface area contributed by atoms with Gasteiger partial charge in [0.2, 0.25) is 5.91 Å². The lowest BCUT2D eigenvalue weighted by atomic mass is 9.85. The summed E-state index contributed by atoms with van der Waals surface area (Å²) in [5.74, 6) is -2.17. The number of rotatable bonds is 7. The molecule has 9 heteroatoms. The molecule has 1 aliphatic heterocycles. The Hall–Kier alpha value is -3.36. The predicted molar refractivity (Wildman–Crippen MR) is 112 cm³/mol. The minimum absolute atomic E-state index is 0.00228. The number of aromatic hydroxyl groups is 1. The maximum Gasteiger partial charge on any atom is 0.335 e. The molecule has 0 aromatic heterocycles. The topological polar surface area (TPSA) is 96.3 Å². The minimum Gasteiger partial charge on any atom is -0.507 e. The first-order chi connectivity index (χ1) is 15.2. The predicted octanol–water partition coefficient (Wildman–Crippen LogP) is 3.54. The lowest BCUT2D eigenvalue weighted by Crippen LogP contribution is -2.46. The number of phenols is 1. The lowest BCUT2D eigenvalue weighted by Gasteiger charge is -2.32. The number of benzene rings is 2. The fraction of sp³-hybridized carbons (Fsp3) is 0.391. The molecule has 1 saturated heterocycles. The van der Waals surface area contributed by atoms with E-state index in [9.17, 15) is 28.6 Å². The molecule has 0 saturated carbocycles. The Labute approximate surface area is 184 Å². The second kappa shape index (κ2) is 9.84. The number of carbonyl (C=O) groups excluding carboxylic acids is 1. The zero-order chi connectivity index (χ0) is 23.4. The van der Waals surface area contributed by atoms with Crippen molar-refractivity contribution in [2.45, 2.75) is 31.1 Å². The molecule has 172 valence electrons. The Morgan fingerprint density at radius 2 is 1.81 bits per heavy atom. The van der Waals surface area contributed by atoms with Gasteiger partial charge in [0.05, 0.1) is 32.9 Å². The van der Waals surface area contributed by atoms with Gasteiger partial charge in [0, 0.05) is 36.5 Å². The van der Waals surface area contributed by atoms with Crippen LogP contribution in [0.2, 0.25) is 0 Å². The number of ether oxygens (including phenoxy) is 2. The molecule has 2 aromatic carbocycles. The van der Waals surface area contributed by atoms with Crippen molar-refractivity contribution in [3.8, 4) is 17.2 Å². The number of methoxy groups -OCH3 is 2. The Balaban J connectivity index is 2.06. The van der Waals surface area contributed by atoms with Crippen LogP contribution in [0.1, 0.15) is 40.2 Å². The van der Waals surface area contributed by atoms with Gasteiger partial charge in [-0.15, -0.1) is 0 Å². The van der Waals surface area contributed by atoms with Gasteiger partial charge < -0.3 is 24.6 Å². The highest BCUT2D eigenvalue weighted by Gasteiger charge is 2.33. The van der Waals surface area contributed by atoms with E-state index >= 15 is 0 Å². The third-order valence-electron chi connectivity index (χ3n) is 5.51. The van der Waals surface area contributed by atoms with Crippen molar-refractivity contribution >= 4 is 11.9 Å². The molecule has 32 heavy (non-hydrogen) atoms. The second-order valence-electron chi connectivity index (χ2n) is 7.68. The molecule has 3 atom stereocenters. The molecule has 2 unspecified atom stereocenters. The number of likely N-dealkylation sites (tertiary alicyclic amines) is 1. The van der Waals surface area contributed by atoms with Crippen molar-refractivity contribution in [2.24, 2.45) is 0 Å². The number of halogens is 2. The van der Waals surface area contributed by atoms with Crippen molar-refractivity contribution in [1.29, 1.82) is 0 Å². The van der Waals surface area contributed by atoms with Crippen LogP contribution in [0.15, 0.2) is 36.4 Å². The van der Waals surface area contributed by atoms with E-state index in [-0.39, 0.29) is 48.6 Å². The van der Waals surface area contributed by atoms with Crippen molar-refractivity contribution in [3.05, 3.63) is 53.1 Å². The van der Waals surface area contributed by atoms with Gasteiger partial charge in [-0.3, -0.25) is 4.79 Å². The first kappa shape index (κ1) is 23.3. The van der Waals surface area contributed by atoms with Crippen LogP contribution in [-0.2, 0) is 4.79 Å². The zero-order valence-electron chi connectivity index (χ0n) is 17.8.